The predicted octanol–water partition coefficient (Wildman–Crippen LogP) is 3.13. The number of pyridine rings is 1. The minimum absolute atomic E-state index is 0.0148. The average molecular weight is 332 g/mol. The van der Waals surface area contributed by atoms with Gasteiger partial charge in [-0.15, -0.1) is 0 Å². The first kappa shape index (κ1) is 15.6. The zero-order chi connectivity index (χ0) is 17.1. The summed E-state index contributed by atoms with van der Waals surface area (Å²) in [5.41, 5.74) is 4.19. The Bertz CT molecular complexity index is 858. The topological polar surface area (TPSA) is 59.8 Å². The number of aromatic nitrogens is 3. The van der Waals surface area contributed by atoms with E-state index in [0.717, 1.165) is 31.4 Å². The van der Waals surface area contributed by atoms with Gasteiger partial charge in [-0.25, -0.2) is 0 Å². The Morgan fingerprint density at radius 2 is 2.04 bits per heavy atom. The average Bonchev–Trinajstić information content (AvgIpc) is 3.07. The fourth-order valence-corrected chi connectivity index (χ4v) is 3.40. The van der Waals surface area contributed by atoms with Crippen molar-refractivity contribution in [2.45, 2.75) is 31.8 Å². The second-order valence-corrected chi connectivity index (χ2v) is 6.35. The second kappa shape index (κ2) is 6.89. The monoisotopic (exact) mass is 332 g/mol. The number of hydrogen-bond donors (Lipinski definition) is 1. The van der Waals surface area contributed by atoms with Gasteiger partial charge in [-0.2, -0.15) is 5.10 Å². The van der Waals surface area contributed by atoms with Crippen LogP contribution < -0.4 is 5.32 Å². The lowest BCUT2D eigenvalue weighted by Gasteiger charge is -2.24. The molecule has 1 aromatic carbocycles. The van der Waals surface area contributed by atoms with Crippen molar-refractivity contribution in [3.63, 3.8) is 0 Å². The number of nitrogens with one attached hydrogen (secondary N) is 1. The molecule has 0 saturated heterocycles. The van der Waals surface area contributed by atoms with Crippen molar-refractivity contribution in [2.75, 3.05) is 0 Å². The fourth-order valence-electron chi connectivity index (χ4n) is 3.40. The molecule has 0 unspecified atom stereocenters. The summed E-state index contributed by atoms with van der Waals surface area (Å²) in [6, 6.07) is 13.9. The third kappa shape index (κ3) is 3.31. The van der Waals surface area contributed by atoms with Gasteiger partial charge in [0.1, 0.15) is 0 Å². The van der Waals surface area contributed by atoms with E-state index in [4.69, 9.17) is 0 Å². The summed E-state index contributed by atoms with van der Waals surface area (Å²) in [6.45, 7) is 0.763. The smallest absolute Gasteiger partial charge is 0.253 e. The Morgan fingerprint density at radius 3 is 2.84 bits per heavy atom. The summed E-state index contributed by atoms with van der Waals surface area (Å²) in [5.74, 6) is -0.0817. The largest absolute Gasteiger partial charge is 0.345 e. The number of amides is 1. The first-order valence-corrected chi connectivity index (χ1v) is 8.60. The number of carbonyl (C=O) groups is 1. The van der Waals surface area contributed by atoms with Crippen molar-refractivity contribution in [1.82, 2.24) is 20.1 Å². The molecule has 4 rings (SSSR count). The molecule has 0 fully saturated rings. The van der Waals surface area contributed by atoms with Gasteiger partial charge in [-0.05, 0) is 37.0 Å². The summed E-state index contributed by atoms with van der Waals surface area (Å²) in [6.07, 6.45) is 8.16. The minimum atomic E-state index is -0.0817. The van der Waals surface area contributed by atoms with Gasteiger partial charge in [-0.3, -0.25) is 14.5 Å². The Labute approximate surface area is 146 Å². The molecular weight excluding hydrogens is 312 g/mol. The van der Waals surface area contributed by atoms with Crippen LogP contribution in [0.25, 0.3) is 0 Å². The molecule has 0 spiro atoms. The number of carbonyl (C=O) groups excluding carboxylic acids is 1. The number of hydrogen-bond acceptors (Lipinski definition) is 3. The van der Waals surface area contributed by atoms with Crippen molar-refractivity contribution < 1.29 is 4.79 Å². The zero-order valence-corrected chi connectivity index (χ0v) is 13.9. The van der Waals surface area contributed by atoms with Crippen molar-refractivity contribution in [3.05, 3.63) is 83.4 Å². The van der Waals surface area contributed by atoms with Crippen LogP contribution >= 0.6 is 0 Å². The van der Waals surface area contributed by atoms with E-state index >= 15 is 0 Å². The van der Waals surface area contributed by atoms with E-state index in [0.29, 0.717) is 5.56 Å². The summed E-state index contributed by atoms with van der Waals surface area (Å²) in [5, 5.41) is 7.71. The molecule has 5 heteroatoms. The molecule has 0 aliphatic heterocycles. The maximum atomic E-state index is 12.4. The van der Waals surface area contributed by atoms with E-state index < -0.39 is 0 Å². The van der Waals surface area contributed by atoms with Gasteiger partial charge in [0.05, 0.1) is 24.3 Å². The molecule has 1 aliphatic carbocycles. The standard InChI is InChI=1S/C20H20N4O/c25-20(16-8-5-11-21-12-16)23-18-9-4-10-19-17(18)13-22-24(19)14-15-6-2-1-3-7-15/h1-3,5-8,11-13,18H,4,9-10,14H2,(H,23,25)/t18-/m1/s1. The van der Waals surface area contributed by atoms with Crippen molar-refractivity contribution in [1.29, 1.82) is 0 Å². The highest BCUT2D eigenvalue weighted by Crippen LogP contribution is 2.30. The van der Waals surface area contributed by atoms with Crippen LogP contribution in [-0.2, 0) is 13.0 Å². The lowest BCUT2D eigenvalue weighted by atomic mass is 9.92. The molecule has 0 radical (unpaired) electrons. The molecule has 1 N–H and O–H groups in total. The summed E-state index contributed by atoms with van der Waals surface area (Å²) >= 11 is 0. The van der Waals surface area contributed by atoms with Crippen LogP contribution in [0.1, 0.15) is 46.1 Å². The normalized spacial score (nSPS) is 16.2. The zero-order valence-electron chi connectivity index (χ0n) is 13.9. The quantitative estimate of drug-likeness (QED) is 0.798. The molecule has 0 saturated carbocycles. The predicted molar refractivity (Wildman–Crippen MR) is 95.2 cm³/mol. The maximum Gasteiger partial charge on any atom is 0.253 e. The highest BCUT2D eigenvalue weighted by molar-refractivity contribution is 5.94. The maximum absolute atomic E-state index is 12.4. The molecule has 2 aromatic heterocycles. The van der Waals surface area contributed by atoms with E-state index in [9.17, 15) is 4.79 Å². The van der Waals surface area contributed by atoms with Gasteiger partial charge in [0, 0.05) is 23.7 Å². The van der Waals surface area contributed by atoms with Crippen LogP contribution in [0.2, 0.25) is 0 Å². The fraction of sp³-hybridized carbons (Fsp3) is 0.250. The third-order valence-corrected chi connectivity index (χ3v) is 4.67. The van der Waals surface area contributed by atoms with Gasteiger partial charge in [0.15, 0.2) is 0 Å². The van der Waals surface area contributed by atoms with Gasteiger partial charge in [-0.1, -0.05) is 30.3 Å². The van der Waals surface area contributed by atoms with Gasteiger partial charge < -0.3 is 5.32 Å². The SMILES string of the molecule is O=C(N[C@@H]1CCCc2c1cnn2Cc1ccccc1)c1cccnc1. The number of benzene rings is 1. The van der Waals surface area contributed by atoms with E-state index in [1.54, 1.807) is 24.5 Å². The van der Waals surface area contributed by atoms with Crippen LogP contribution in [0.5, 0.6) is 0 Å². The summed E-state index contributed by atoms with van der Waals surface area (Å²) in [7, 11) is 0. The Balaban J connectivity index is 1.54. The number of fused-ring (bicyclic) bond motifs is 1. The molecule has 2 heterocycles. The first-order valence-electron chi connectivity index (χ1n) is 8.60. The van der Waals surface area contributed by atoms with Crippen LogP contribution in [-0.4, -0.2) is 20.7 Å². The second-order valence-electron chi connectivity index (χ2n) is 6.35. The Kier molecular flexibility index (Phi) is 4.29. The van der Waals surface area contributed by atoms with Crippen molar-refractivity contribution in [3.8, 4) is 0 Å². The molecule has 126 valence electrons. The number of nitrogens with zero attached hydrogens (tertiary/aromatic N) is 3. The van der Waals surface area contributed by atoms with Gasteiger partial charge in [0.2, 0.25) is 0 Å². The van der Waals surface area contributed by atoms with E-state index in [2.05, 4.69) is 32.2 Å². The molecule has 0 bridgehead atoms. The molecule has 1 aliphatic rings. The van der Waals surface area contributed by atoms with Gasteiger partial charge >= 0.3 is 0 Å². The van der Waals surface area contributed by atoms with Crippen LogP contribution in [0.4, 0.5) is 0 Å². The van der Waals surface area contributed by atoms with Crippen LogP contribution in [0.3, 0.4) is 0 Å². The van der Waals surface area contributed by atoms with E-state index in [1.165, 1.54) is 11.3 Å². The van der Waals surface area contributed by atoms with Gasteiger partial charge in [0.25, 0.3) is 5.91 Å². The lowest BCUT2D eigenvalue weighted by Crippen LogP contribution is -2.31. The molecule has 1 amide bonds. The molecule has 25 heavy (non-hydrogen) atoms. The van der Waals surface area contributed by atoms with Crippen LogP contribution in [0.15, 0.2) is 61.1 Å². The van der Waals surface area contributed by atoms with E-state index in [-0.39, 0.29) is 11.9 Å². The molecular formula is C20H20N4O. The van der Waals surface area contributed by atoms with Crippen molar-refractivity contribution in [2.24, 2.45) is 0 Å². The molecule has 5 nitrogen and oxygen atoms in total. The minimum Gasteiger partial charge on any atom is -0.345 e. The van der Waals surface area contributed by atoms with Crippen molar-refractivity contribution >= 4 is 5.91 Å². The van der Waals surface area contributed by atoms with Crippen LogP contribution in [0, 0.1) is 0 Å². The Hall–Kier alpha value is -2.95. The Morgan fingerprint density at radius 1 is 1.16 bits per heavy atom. The first-order chi connectivity index (χ1) is 12.3. The summed E-state index contributed by atoms with van der Waals surface area (Å²) in [4.78, 5) is 16.5. The lowest BCUT2D eigenvalue weighted by molar-refractivity contribution is 0.0932. The third-order valence-electron chi connectivity index (χ3n) is 4.67. The highest BCUT2D eigenvalue weighted by Gasteiger charge is 2.25. The number of rotatable bonds is 4. The molecule has 3 aromatic rings. The van der Waals surface area contributed by atoms with E-state index in [1.807, 2.05) is 24.4 Å². The molecule has 1 atom stereocenters. The summed E-state index contributed by atoms with van der Waals surface area (Å²) < 4.78 is 2.06. The highest BCUT2D eigenvalue weighted by atomic mass is 16.1.